The van der Waals surface area contributed by atoms with Crippen LogP contribution in [-0.2, 0) is 14.3 Å². The van der Waals surface area contributed by atoms with Gasteiger partial charge in [-0.1, -0.05) is 6.08 Å². The summed E-state index contributed by atoms with van der Waals surface area (Å²) in [5.74, 6) is -1.14. The molecular weight excluding hydrogens is 172 g/mol. The molecule has 0 aliphatic heterocycles. The van der Waals surface area contributed by atoms with Crippen molar-refractivity contribution in [3.05, 3.63) is 12.7 Å². The van der Waals surface area contributed by atoms with E-state index in [1.165, 1.54) is 6.08 Å². The van der Waals surface area contributed by atoms with Crippen molar-refractivity contribution in [1.82, 2.24) is 0 Å². The third-order valence-corrected chi connectivity index (χ3v) is 1.36. The summed E-state index contributed by atoms with van der Waals surface area (Å²) >= 11 is 0. The molecule has 0 saturated carbocycles. The van der Waals surface area contributed by atoms with Crippen LogP contribution in [0.15, 0.2) is 12.7 Å². The summed E-state index contributed by atoms with van der Waals surface area (Å²) in [6, 6.07) is 0. The first-order valence-electron chi connectivity index (χ1n) is 4.15. The molecule has 0 fully saturated rings. The van der Waals surface area contributed by atoms with Crippen molar-refractivity contribution in [2.24, 2.45) is 0 Å². The van der Waals surface area contributed by atoms with Gasteiger partial charge in [-0.05, 0) is 12.8 Å². The molecule has 0 unspecified atom stereocenters. The summed E-state index contributed by atoms with van der Waals surface area (Å²) in [4.78, 5) is 20.8. The number of carbonyl (C=O) groups excluding carboxylic acids is 1. The molecule has 0 saturated heterocycles. The Kier molecular flexibility index (Phi) is 6.59. The molecule has 0 aliphatic carbocycles. The van der Waals surface area contributed by atoms with E-state index in [-0.39, 0.29) is 18.8 Å². The van der Waals surface area contributed by atoms with Crippen LogP contribution in [0.25, 0.3) is 0 Å². The number of esters is 1. The number of carbonyl (C=O) groups is 2. The van der Waals surface area contributed by atoms with Crippen molar-refractivity contribution >= 4 is 11.9 Å². The van der Waals surface area contributed by atoms with Gasteiger partial charge in [-0.3, -0.25) is 9.59 Å². The smallest absolute Gasteiger partial charge is 0.309 e. The van der Waals surface area contributed by atoms with Crippen molar-refractivity contribution in [2.45, 2.75) is 25.7 Å². The monoisotopic (exact) mass is 186 g/mol. The van der Waals surface area contributed by atoms with E-state index >= 15 is 0 Å². The van der Waals surface area contributed by atoms with Gasteiger partial charge >= 0.3 is 11.9 Å². The number of aliphatic carboxylic acids is 1. The number of carboxylic acid groups (broad SMARTS) is 1. The minimum atomic E-state index is -0.822. The lowest BCUT2D eigenvalue weighted by molar-refractivity contribution is -0.142. The van der Waals surface area contributed by atoms with Crippen LogP contribution in [0.4, 0.5) is 0 Å². The van der Waals surface area contributed by atoms with Gasteiger partial charge in [-0.15, -0.1) is 6.58 Å². The van der Waals surface area contributed by atoms with Gasteiger partial charge < -0.3 is 9.84 Å². The van der Waals surface area contributed by atoms with E-state index in [2.05, 4.69) is 6.58 Å². The summed E-state index contributed by atoms with van der Waals surface area (Å²) < 4.78 is 4.76. The van der Waals surface area contributed by atoms with Crippen LogP contribution in [0.2, 0.25) is 0 Å². The molecular formula is C9H14O4. The molecule has 4 nitrogen and oxygen atoms in total. The quantitative estimate of drug-likeness (QED) is 0.370. The van der Waals surface area contributed by atoms with E-state index in [0.717, 1.165) is 0 Å². The lowest BCUT2D eigenvalue weighted by Crippen LogP contribution is -2.05. The Hall–Kier alpha value is -1.32. The van der Waals surface area contributed by atoms with Gasteiger partial charge in [0.1, 0.15) is 0 Å². The van der Waals surface area contributed by atoms with Gasteiger partial charge in [-0.25, -0.2) is 0 Å². The van der Waals surface area contributed by atoms with Crippen molar-refractivity contribution in [3.8, 4) is 0 Å². The first kappa shape index (κ1) is 11.7. The van der Waals surface area contributed by atoms with Crippen molar-refractivity contribution in [2.75, 3.05) is 6.61 Å². The molecule has 0 rings (SSSR count). The highest BCUT2D eigenvalue weighted by Gasteiger charge is 2.00. The second-order valence-corrected chi connectivity index (χ2v) is 2.56. The Morgan fingerprint density at radius 1 is 1.38 bits per heavy atom. The normalized spacial score (nSPS) is 9.23. The van der Waals surface area contributed by atoms with Gasteiger partial charge in [0.05, 0.1) is 13.0 Å². The number of carboxylic acids is 1. The van der Waals surface area contributed by atoms with E-state index in [0.29, 0.717) is 19.4 Å². The predicted molar refractivity (Wildman–Crippen MR) is 47.3 cm³/mol. The Morgan fingerprint density at radius 3 is 2.62 bits per heavy atom. The molecule has 74 valence electrons. The van der Waals surface area contributed by atoms with E-state index in [1.807, 2.05) is 0 Å². The Bertz CT molecular complexity index is 186. The predicted octanol–water partition coefficient (Wildman–Crippen LogP) is 1.36. The SMILES string of the molecule is C=CCC(=O)OCCCCC(=O)O. The highest BCUT2D eigenvalue weighted by Crippen LogP contribution is 1.97. The maximum absolute atomic E-state index is 10.7. The van der Waals surface area contributed by atoms with Crippen LogP contribution >= 0.6 is 0 Å². The van der Waals surface area contributed by atoms with Crippen LogP contribution in [0.1, 0.15) is 25.7 Å². The molecule has 1 N–H and O–H groups in total. The van der Waals surface area contributed by atoms with Gasteiger partial charge in [0.15, 0.2) is 0 Å². The molecule has 4 heteroatoms. The minimum absolute atomic E-state index is 0.124. The van der Waals surface area contributed by atoms with Gasteiger partial charge in [0, 0.05) is 6.42 Å². The van der Waals surface area contributed by atoms with Crippen LogP contribution in [0.5, 0.6) is 0 Å². The average molecular weight is 186 g/mol. The third kappa shape index (κ3) is 8.59. The van der Waals surface area contributed by atoms with Crippen molar-refractivity contribution in [3.63, 3.8) is 0 Å². The highest BCUT2D eigenvalue weighted by atomic mass is 16.5. The Morgan fingerprint density at radius 2 is 2.08 bits per heavy atom. The molecule has 0 aromatic heterocycles. The lowest BCUT2D eigenvalue weighted by Gasteiger charge is -2.01. The zero-order valence-corrected chi connectivity index (χ0v) is 7.49. The van der Waals surface area contributed by atoms with Crippen LogP contribution in [0, 0.1) is 0 Å². The maximum Gasteiger partial charge on any atom is 0.309 e. The Balaban J connectivity index is 3.20. The first-order chi connectivity index (χ1) is 6.16. The molecule has 0 aromatic carbocycles. The standard InChI is InChI=1S/C9H14O4/c1-2-5-9(12)13-7-4-3-6-8(10)11/h2H,1,3-7H2,(H,10,11). The zero-order valence-electron chi connectivity index (χ0n) is 7.49. The molecule has 0 heterocycles. The zero-order chi connectivity index (χ0) is 10.1. The molecule has 0 aromatic rings. The third-order valence-electron chi connectivity index (χ3n) is 1.36. The average Bonchev–Trinajstić information content (AvgIpc) is 2.03. The van der Waals surface area contributed by atoms with Gasteiger partial charge in [-0.2, -0.15) is 0 Å². The summed E-state index contributed by atoms with van der Waals surface area (Å²) in [6.07, 6.45) is 2.93. The van der Waals surface area contributed by atoms with E-state index < -0.39 is 5.97 Å². The number of unbranched alkanes of at least 4 members (excludes halogenated alkanes) is 1. The summed E-state index contributed by atoms with van der Waals surface area (Å²) in [7, 11) is 0. The number of hydrogen-bond acceptors (Lipinski definition) is 3. The van der Waals surface area contributed by atoms with Gasteiger partial charge in [0.2, 0.25) is 0 Å². The first-order valence-corrected chi connectivity index (χ1v) is 4.15. The fraction of sp³-hybridized carbons (Fsp3) is 0.556. The van der Waals surface area contributed by atoms with Crippen LogP contribution in [0.3, 0.4) is 0 Å². The van der Waals surface area contributed by atoms with Crippen LogP contribution < -0.4 is 0 Å². The molecule has 13 heavy (non-hydrogen) atoms. The molecule has 0 spiro atoms. The lowest BCUT2D eigenvalue weighted by atomic mass is 10.2. The fourth-order valence-electron chi connectivity index (χ4n) is 0.741. The minimum Gasteiger partial charge on any atom is -0.481 e. The summed E-state index contributed by atoms with van der Waals surface area (Å²) in [5.41, 5.74) is 0. The molecule has 0 amide bonds. The number of ether oxygens (including phenoxy) is 1. The second kappa shape index (κ2) is 7.34. The van der Waals surface area contributed by atoms with E-state index in [4.69, 9.17) is 9.84 Å². The Labute approximate surface area is 77.2 Å². The van der Waals surface area contributed by atoms with E-state index in [1.54, 1.807) is 0 Å². The van der Waals surface area contributed by atoms with E-state index in [9.17, 15) is 9.59 Å². The van der Waals surface area contributed by atoms with Crippen LogP contribution in [-0.4, -0.2) is 23.7 Å². The second-order valence-electron chi connectivity index (χ2n) is 2.56. The number of hydrogen-bond donors (Lipinski definition) is 1. The molecule has 0 radical (unpaired) electrons. The number of rotatable bonds is 7. The van der Waals surface area contributed by atoms with Crippen molar-refractivity contribution < 1.29 is 19.4 Å². The topological polar surface area (TPSA) is 63.6 Å². The molecule has 0 atom stereocenters. The fourth-order valence-corrected chi connectivity index (χ4v) is 0.741. The van der Waals surface area contributed by atoms with Gasteiger partial charge in [0.25, 0.3) is 0 Å². The molecule has 0 bridgehead atoms. The van der Waals surface area contributed by atoms with Crippen molar-refractivity contribution in [1.29, 1.82) is 0 Å². The largest absolute Gasteiger partial charge is 0.481 e. The highest BCUT2D eigenvalue weighted by molar-refractivity contribution is 5.70. The summed E-state index contributed by atoms with van der Waals surface area (Å²) in [6.45, 7) is 3.68. The summed E-state index contributed by atoms with van der Waals surface area (Å²) in [5, 5.41) is 8.29. The molecule has 0 aliphatic rings. The maximum atomic E-state index is 10.7.